The Morgan fingerprint density at radius 1 is 0.787 bits per heavy atom. The van der Waals surface area contributed by atoms with Crippen molar-refractivity contribution in [3.63, 3.8) is 0 Å². The third-order valence-electron chi connectivity index (χ3n) is 7.97. The average molecular weight is 654 g/mol. The number of esters is 2. The molecule has 0 aliphatic carbocycles. The van der Waals surface area contributed by atoms with Gasteiger partial charge in [0.2, 0.25) is 0 Å². The third kappa shape index (κ3) is 14.4. The first-order valence-corrected chi connectivity index (χ1v) is 16.1. The Balaban J connectivity index is 0.000000619. The van der Waals surface area contributed by atoms with Gasteiger partial charge in [0.15, 0.2) is 0 Å². The van der Waals surface area contributed by atoms with E-state index in [0.717, 1.165) is 0 Å². The van der Waals surface area contributed by atoms with Crippen LogP contribution in [0.25, 0.3) is 0 Å². The molecule has 0 saturated heterocycles. The van der Waals surface area contributed by atoms with Crippen molar-refractivity contribution in [2.24, 2.45) is 10.8 Å². The molecule has 1 aliphatic heterocycles. The molecule has 1 heterocycles. The number of aliphatic carboxylic acids is 1. The van der Waals surface area contributed by atoms with Crippen LogP contribution in [-0.2, 0) is 23.9 Å². The lowest BCUT2D eigenvalue weighted by Crippen LogP contribution is -2.29. The summed E-state index contributed by atoms with van der Waals surface area (Å²) in [5, 5.41) is 8.44. The van der Waals surface area contributed by atoms with Gasteiger partial charge in [-0.1, -0.05) is 76.7 Å². The Kier molecular flexibility index (Phi) is 18.9. The van der Waals surface area contributed by atoms with E-state index in [4.69, 9.17) is 14.6 Å². The van der Waals surface area contributed by atoms with Gasteiger partial charge in [-0.05, 0) is 84.4 Å². The van der Waals surface area contributed by atoms with Crippen molar-refractivity contribution in [2.45, 2.75) is 94.4 Å². The number of fused-ring (bicyclic) bond motifs is 1. The predicted molar refractivity (Wildman–Crippen MR) is 185 cm³/mol. The van der Waals surface area contributed by atoms with Gasteiger partial charge in [-0.3, -0.25) is 24.1 Å². The van der Waals surface area contributed by atoms with Crippen molar-refractivity contribution in [2.75, 3.05) is 19.8 Å². The van der Waals surface area contributed by atoms with Crippen LogP contribution >= 0.6 is 0 Å². The van der Waals surface area contributed by atoms with Gasteiger partial charge in [0.1, 0.15) is 13.2 Å². The fraction of sp³-hybridized carbons (Fsp3) is 0.500. The molecule has 0 bridgehead atoms. The smallest absolute Gasteiger partial charge is 0.333 e. The second-order valence-corrected chi connectivity index (χ2v) is 12.5. The highest BCUT2D eigenvalue weighted by atomic mass is 16.6. The number of hydrogen-bond donors (Lipinski definition) is 1. The van der Waals surface area contributed by atoms with Crippen LogP contribution in [0.2, 0.25) is 0 Å². The number of carbonyl (C=O) groups is 5. The largest absolute Gasteiger partial charge is 0.481 e. The molecular weight excluding hydrogens is 598 g/mol. The van der Waals surface area contributed by atoms with E-state index in [-0.39, 0.29) is 31.0 Å². The summed E-state index contributed by atoms with van der Waals surface area (Å²) in [6, 6.07) is 17.5. The highest BCUT2D eigenvalue weighted by Gasteiger charge is 2.33. The molecule has 2 aromatic carbocycles. The van der Waals surface area contributed by atoms with Crippen LogP contribution < -0.4 is 0 Å². The number of carbonyl (C=O) groups excluding carboxylic acids is 4. The van der Waals surface area contributed by atoms with Gasteiger partial charge in [0.25, 0.3) is 11.8 Å². The fourth-order valence-electron chi connectivity index (χ4n) is 3.43. The lowest BCUT2D eigenvalue weighted by atomic mass is 9.91. The summed E-state index contributed by atoms with van der Waals surface area (Å²) in [6.45, 7) is 22.7. The maximum Gasteiger partial charge on any atom is 0.333 e. The monoisotopic (exact) mass is 653 g/mol. The Morgan fingerprint density at radius 2 is 1.23 bits per heavy atom. The second-order valence-electron chi connectivity index (χ2n) is 12.5. The Labute approximate surface area is 281 Å². The number of rotatable bonds is 11. The summed E-state index contributed by atoms with van der Waals surface area (Å²) in [6.07, 6.45) is 2.61. The number of carboxylic acids is 1. The normalized spacial score (nSPS) is 12.5. The van der Waals surface area contributed by atoms with Crippen molar-refractivity contribution in [3.8, 4) is 0 Å². The minimum atomic E-state index is -0.722. The molecule has 1 aliphatic rings. The first-order valence-electron chi connectivity index (χ1n) is 16.1. The van der Waals surface area contributed by atoms with Crippen molar-refractivity contribution in [1.82, 2.24) is 4.90 Å². The molecule has 0 spiro atoms. The van der Waals surface area contributed by atoms with Crippen LogP contribution in [-0.4, -0.2) is 59.5 Å². The molecule has 1 unspecified atom stereocenters. The van der Waals surface area contributed by atoms with Crippen molar-refractivity contribution < 1.29 is 38.6 Å². The molecule has 1 atom stereocenters. The quantitative estimate of drug-likeness (QED) is 0.112. The van der Waals surface area contributed by atoms with E-state index in [9.17, 15) is 24.0 Å². The number of benzene rings is 2. The zero-order valence-corrected chi connectivity index (χ0v) is 30.0. The highest BCUT2D eigenvalue weighted by molar-refractivity contribution is 6.21. The van der Waals surface area contributed by atoms with Crippen LogP contribution in [0.5, 0.6) is 0 Å². The first kappa shape index (κ1) is 42.7. The molecule has 2 amide bonds. The molecule has 9 nitrogen and oxygen atoms in total. The molecule has 1 N–H and O–H groups in total. The van der Waals surface area contributed by atoms with Crippen LogP contribution in [0.15, 0.2) is 66.7 Å². The van der Waals surface area contributed by atoms with Crippen molar-refractivity contribution in [1.29, 1.82) is 0 Å². The van der Waals surface area contributed by atoms with E-state index >= 15 is 0 Å². The summed E-state index contributed by atoms with van der Waals surface area (Å²) < 4.78 is 9.77. The van der Waals surface area contributed by atoms with Crippen molar-refractivity contribution >= 4 is 29.7 Å². The first-order chi connectivity index (χ1) is 21.9. The van der Waals surface area contributed by atoms with Crippen molar-refractivity contribution in [3.05, 3.63) is 83.4 Å². The summed E-state index contributed by atoms with van der Waals surface area (Å²) in [7, 11) is 0. The van der Waals surface area contributed by atoms with E-state index in [1.54, 1.807) is 52.0 Å². The maximum absolute atomic E-state index is 11.5. The van der Waals surface area contributed by atoms with Gasteiger partial charge in [0.05, 0.1) is 22.0 Å². The molecular formula is C38H55NO8. The third-order valence-corrected chi connectivity index (χ3v) is 7.97. The molecule has 260 valence electrons. The summed E-state index contributed by atoms with van der Waals surface area (Å²) in [5.74, 6) is -1.11. The van der Waals surface area contributed by atoms with Gasteiger partial charge in [-0.2, -0.15) is 0 Å². The molecule has 47 heavy (non-hydrogen) atoms. The Morgan fingerprint density at radius 3 is 1.60 bits per heavy atom. The Bertz CT molecular complexity index is 1300. The van der Waals surface area contributed by atoms with E-state index in [2.05, 4.69) is 50.8 Å². The molecule has 0 radical (unpaired) electrons. The number of ether oxygens (including phenoxy) is 2. The number of imide groups is 1. The van der Waals surface area contributed by atoms with Crippen LogP contribution in [0.4, 0.5) is 0 Å². The number of amides is 2. The predicted octanol–water partition coefficient (Wildman–Crippen LogP) is 8.09. The minimum Gasteiger partial charge on any atom is -0.481 e. The number of nitrogens with zero attached hydrogens (tertiary/aromatic N) is 1. The fourth-order valence-corrected chi connectivity index (χ4v) is 3.43. The van der Waals surface area contributed by atoms with Crippen LogP contribution in [0.1, 0.15) is 121 Å². The lowest BCUT2D eigenvalue weighted by Gasteiger charge is -2.20. The van der Waals surface area contributed by atoms with Gasteiger partial charge < -0.3 is 14.6 Å². The van der Waals surface area contributed by atoms with Gasteiger partial charge in [-0.25, -0.2) is 4.79 Å². The van der Waals surface area contributed by atoms with Crippen LogP contribution in [0, 0.1) is 10.8 Å². The molecule has 9 heteroatoms. The van der Waals surface area contributed by atoms with E-state index < -0.39 is 22.8 Å². The summed E-state index contributed by atoms with van der Waals surface area (Å²) >= 11 is 0. The van der Waals surface area contributed by atoms with Gasteiger partial charge >= 0.3 is 17.9 Å². The summed E-state index contributed by atoms with van der Waals surface area (Å²) in [4.78, 5) is 57.1. The maximum atomic E-state index is 11.5. The zero-order chi connectivity index (χ0) is 36.4. The average Bonchev–Trinajstić information content (AvgIpc) is 3.31. The van der Waals surface area contributed by atoms with E-state index in [1.165, 1.54) is 16.9 Å². The number of hydrogen-bond acceptors (Lipinski definition) is 7. The lowest BCUT2D eigenvalue weighted by molar-refractivity contribution is -0.158. The Hall–Kier alpha value is -4.27. The van der Waals surface area contributed by atoms with E-state index in [1.807, 2.05) is 27.7 Å². The van der Waals surface area contributed by atoms with Gasteiger partial charge in [-0.15, -0.1) is 0 Å². The topological polar surface area (TPSA) is 127 Å². The number of carboxylic acid groups (broad SMARTS) is 1. The molecule has 0 saturated carbocycles. The van der Waals surface area contributed by atoms with E-state index in [0.29, 0.717) is 42.0 Å². The minimum absolute atomic E-state index is 0.0667. The standard InChI is InChI=1S/C12H20O4.C10H9NO2.C10H14.C6H12O2/c1-6-12(4,5)11(14)16-8-7-15-10(13)9(2)3;1-2-11-9(12)7-5-3-4-6-8(7)10(11)13;1-3-9(2)10-7-5-4-6-8-10;1-4-6(2,3)5(7)8/h2,6-8H2,1,3-5H3;3-6H,2H2,1H3;4-9H,3H2,1-2H3;4H2,1-3H3,(H,7,8). The SMILES string of the molecule is C=C(C)C(=O)OCCOC(=O)C(C)(C)CC.CCC(C)(C)C(=O)O.CCC(C)c1ccccc1.CCN1C(=O)c2ccccc2C1=O. The molecule has 0 fully saturated rings. The van der Waals surface area contributed by atoms with Gasteiger partial charge in [0, 0.05) is 12.1 Å². The second kappa shape index (κ2) is 20.8. The van der Waals surface area contributed by atoms with Crippen LogP contribution in [0.3, 0.4) is 0 Å². The summed E-state index contributed by atoms with van der Waals surface area (Å²) in [5.41, 5.74) is 1.80. The zero-order valence-electron chi connectivity index (χ0n) is 30.0. The highest BCUT2D eigenvalue weighted by Crippen LogP contribution is 2.22. The molecule has 0 aromatic heterocycles. The molecule has 3 rings (SSSR count). The molecule has 2 aromatic rings.